The number of carbonyl (C=O) groups is 1. The maximum atomic E-state index is 11.0. The fourth-order valence-corrected chi connectivity index (χ4v) is 1.95. The van der Waals surface area contributed by atoms with E-state index in [0.29, 0.717) is 16.8 Å². The minimum absolute atomic E-state index is 0.197. The van der Waals surface area contributed by atoms with Gasteiger partial charge in [-0.1, -0.05) is 10.3 Å². The molecule has 0 aliphatic rings. The lowest BCUT2D eigenvalue weighted by atomic mass is 10.2. The number of ether oxygens (including phenoxy) is 1. The Bertz CT molecular complexity index is 759. The number of nitrogens with zero attached hydrogens (tertiary/aromatic N) is 4. The van der Waals surface area contributed by atoms with Crippen molar-refractivity contribution in [3.8, 4) is 0 Å². The van der Waals surface area contributed by atoms with E-state index in [1.54, 1.807) is 52.0 Å². The average Bonchev–Trinajstić information content (AvgIpc) is 2.58. The summed E-state index contributed by atoms with van der Waals surface area (Å²) in [5.41, 5.74) is 6.80. The number of hydrogen-bond donors (Lipinski definition) is 3. The first kappa shape index (κ1) is 17.0. The summed E-state index contributed by atoms with van der Waals surface area (Å²) in [4.78, 5) is 11.0. The van der Waals surface area contributed by atoms with Crippen LogP contribution >= 0.6 is 0 Å². The van der Waals surface area contributed by atoms with Gasteiger partial charge in [-0.15, -0.1) is 0 Å². The third-order valence-corrected chi connectivity index (χ3v) is 3.14. The number of carbonyl (C=O) groups excluding carboxylic acids is 1. The van der Waals surface area contributed by atoms with Crippen LogP contribution in [-0.4, -0.2) is 28.8 Å². The molecule has 2 aromatic heterocycles. The minimum Gasteiger partial charge on any atom is -0.411 e. The van der Waals surface area contributed by atoms with E-state index >= 15 is 0 Å². The van der Waals surface area contributed by atoms with E-state index in [1.807, 2.05) is 0 Å². The van der Waals surface area contributed by atoms with E-state index in [2.05, 4.69) is 10.3 Å². The number of aromatic nitrogens is 2. The molecule has 0 saturated carbocycles. The highest BCUT2D eigenvalue weighted by atomic mass is 16.5. The summed E-state index contributed by atoms with van der Waals surface area (Å²) in [5, 5.41) is 23.2. The highest BCUT2D eigenvalue weighted by Gasteiger charge is 2.11. The quantitative estimate of drug-likeness (QED) is 0.276. The Hall–Kier alpha value is -3.33. The van der Waals surface area contributed by atoms with Crippen LogP contribution in [0.3, 0.4) is 0 Å². The van der Waals surface area contributed by atoms with Crippen LogP contribution in [0.15, 0.2) is 53.2 Å². The molecule has 0 atom stereocenters. The molecule has 0 saturated heterocycles. The lowest BCUT2D eigenvalue weighted by molar-refractivity contribution is -0.788. The zero-order chi connectivity index (χ0) is 17.4. The zero-order valence-electron chi connectivity index (χ0n) is 12.7. The van der Waals surface area contributed by atoms with Crippen LogP contribution in [0.1, 0.15) is 21.6 Å². The molecule has 0 aliphatic heterocycles. The van der Waals surface area contributed by atoms with E-state index in [9.17, 15) is 4.79 Å². The van der Waals surface area contributed by atoms with E-state index in [-0.39, 0.29) is 13.5 Å². The molecule has 9 nitrogen and oxygen atoms in total. The van der Waals surface area contributed by atoms with Crippen molar-refractivity contribution < 1.29 is 29.1 Å². The van der Waals surface area contributed by atoms with Crippen molar-refractivity contribution in [3.63, 3.8) is 0 Å². The summed E-state index contributed by atoms with van der Waals surface area (Å²) in [7, 11) is 0. The second kappa shape index (κ2) is 8.34. The molecule has 2 heterocycles. The molecule has 24 heavy (non-hydrogen) atoms. The maximum absolute atomic E-state index is 11.0. The molecular formula is C15H17N5O4+2. The van der Waals surface area contributed by atoms with Gasteiger partial charge in [-0.3, -0.25) is 9.53 Å². The predicted octanol–water partition coefficient (Wildman–Crippen LogP) is -0.391. The molecule has 0 radical (unpaired) electrons. The van der Waals surface area contributed by atoms with Gasteiger partial charge in [0, 0.05) is 29.8 Å². The van der Waals surface area contributed by atoms with Gasteiger partial charge in [0.15, 0.2) is 18.6 Å². The smallest absolute Gasteiger partial charge is 0.258 e. The number of oxime groups is 2. The summed E-state index contributed by atoms with van der Waals surface area (Å²) in [6, 6.07) is 6.58. The topological polar surface area (TPSA) is 125 Å². The molecule has 124 valence electrons. The zero-order valence-corrected chi connectivity index (χ0v) is 12.7. The molecule has 0 unspecified atom stereocenters. The Morgan fingerprint density at radius 1 is 1.12 bits per heavy atom. The van der Waals surface area contributed by atoms with E-state index in [0.717, 1.165) is 0 Å². The van der Waals surface area contributed by atoms with Crippen LogP contribution in [0.2, 0.25) is 0 Å². The number of primary amides is 1. The SMILES string of the molecule is NC(=O)c1cc[n+](COC[n+]2ccc(/C=N/O)cc2/C=N\O)cc1. The summed E-state index contributed by atoms with van der Waals surface area (Å²) in [6.45, 7) is 0.448. The third kappa shape index (κ3) is 4.58. The molecule has 0 spiro atoms. The minimum atomic E-state index is -0.488. The van der Waals surface area contributed by atoms with Crippen molar-refractivity contribution in [2.45, 2.75) is 13.5 Å². The van der Waals surface area contributed by atoms with Gasteiger partial charge < -0.3 is 16.1 Å². The van der Waals surface area contributed by atoms with Gasteiger partial charge in [-0.05, 0) is 0 Å². The molecule has 9 heteroatoms. The van der Waals surface area contributed by atoms with E-state index in [1.165, 1.54) is 12.4 Å². The van der Waals surface area contributed by atoms with Gasteiger partial charge in [-0.2, -0.15) is 9.13 Å². The van der Waals surface area contributed by atoms with Crippen molar-refractivity contribution in [3.05, 3.63) is 59.7 Å². The molecule has 0 aromatic carbocycles. The van der Waals surface area contributed by atoms with Gasteiger partial charge in [0.2, 0.25) is 11.6 Å². The van der Waals surface area contributed by atoms with Crippen LogP contribution in [0, 0.1) is 0 Å². The second-order valence-electron chi connectivity index (χ2n) is 4.77. The Labute approximate surface area is 137 Å². The Morgan fingerprint density at radius 2 is 1.83 bits per heavy atom. The molecule has 4 N–H and O–H groups in total. The largest absolute Gasteiger partial charge is 0.411 e. The molecule has 0 bridgehead atoms. The van der Waals surface area contributed by atoms with Crippen LogP contribution in [0.5, 0.6) is 0 Å². The predicted molar refractivity (Wildman–Crippen MR) is 81.6 cm³/mol. The highest BCUT2D eigenvalue weighted by Crippen LogP contribution is 1.97. The first-order valence-electron chi connectivity index (χ1n) is 6.89. The standard InChI is InChI=1S/C15H15N5O4/c16-15(21)13-2-4-19(5-3-13)10-24-11-20-6-1-12(8-17-22)7-14(20)9-18-23/h1-9H,10-11H2,(H2-,16,21,22,23)/p+2. The van der Waals surface area contributed by atoms with Crippen LogP contribution in [0.4, 0.5) is 0 Å². The van der Waals surface area contributed by atoms with Gasteiger partial charge in [0.05, 0.1) is 11.8 Å². The maximum Gasteiger partial charge on any atom is 0.258 e. The lowest BCUT2D eigenvalue weighted by Gasteiger charge is -2.02. The highest BCUT2D eigenvalue weighted by molar-refractivity contribution is 5.92. The fraction of sp³-hybridized carbons (Fsp3) is 0.133. The van der Waals surface area contributed by atoms with Gasteiger partial charge in [0.1, 0.15) is 6.21 Å². The van der Waals surface area contributed by atoms with Gasteiger partial charge in [-0.25, -0.2) is 0 Å². The molecule has 0 aliphatic carbocycles. The van der Waals surface area contributed by atoms with Crippen molar-refractivity contribution >= 4 is 18.3 Å². The van der Waals surface area contributed by atoms with E-state index < -0.39 is 5.91 Å². The third-order valence-electron chi connectivity index (χ3n) is 3.14. The monoisotopic (exact) mass is 331 g/mol. The lowest BCUT2D eigenvalue weighted by Crippen LogP contribution is -2.43. The number of hydrogen-bond acceptors (Lipinski definition) is 6. The van der Waals surface area contributed by atoms with Crippen LogP contribution in [-0.2, 0) is 18.2 Å². The Balaban J connectivity index is 2.01. The van der Waals surface area contributed by atoms with Crippen LogP contribution < -0.4 is 14.9 Å². The van der Waals surface area contributed by atoms with Crippen molar-refractivity contribution in [2.24, 2.45) is 16.0 Å². The first-order chi connectivity index (χ1) is 11.6. The molecule has 2 aromatic rings. The number of rotatable bonds is 7. The summed E-state index contributed by atoms with van der Waals surface area (Å²) in [5.74, 6) is -0.488. The number of amides is 1. The van der Waals surface area contributed by atoms with Crippen molar-refractivity contribution in [1.29, 1.82) is 0 Å². The van der Waals surface area contributed by atoms with Crippen LogP contribution in [0.25, 0.3) is 0 Å². The summed E-state index contributed by atoms with van der Waals surface area (Å²) in [6.07, 6.45) is 7.57. The first-order valence-corrected chi connectivity index (χ1v) is 6.89. The van der Waals surface area contributed by atoms with Crippen molar-refractivity contribution in [1.82, 2.24) is 0 Å². The normalized spacial score (nSPS) is 11.3. The molecule has 0 fully saturated rings. The second-order valence-corrected chi connectivity index (χ2v) is 4.77. The van der Waals surface area contributed by atoms with Crippen molar-refractivity contribution in [2.75, 3.05) is 0 Å². The summed E-state index contributed by atoms with van der Waals surface area (Å²) >= 11 is 0. The Kier molecular flexibility index (Phi) is 5.92. The Morgan fingerprint density at radius 3 is 2.46 bits per heavy atom. The summed E-state index contributed by atoms with van der Waals surface area (Å²) < 4.78 is 9.01. The van der Waals surface area contributed by atoms with Gasteiger partial charge >= 0.3 is 0 Å². The molecule has 2 rings (SSSR count). The number of pyridine rings is 2. The molecular weight excluding hydrogens is 314 g/mol. The average molecular weight is 331 g/mol. The fourth-order valence-electron chi connectivity index (χ4n) is 1.95. The van der Waals surface area contributed by atoms with Gasteiger partial charge in [0.25, 0.3) is 13.5 Å². The number of nitrogens with two attached hydrogens (primary N) is 1. The molecule has 1 amide bonds. The van der Waals surface area contributed by atoms with E-state index in [4.69, 9.17) is 20.9 Å².